The smallest absolute Gasteiger partial charge is 0.306 e. The lowest BCUT2D eigenvalue weighted by atomic mass is 10.1. The van der Waals surface area contributed by atoms with E-state index in [0.29, 0.717) is 12.3 Å². The van der Waals surface area contributed by atoms with E-state index in [4.69, 9.17) is 4.74 Å². The highest BCUT2D eigenvalue weighted by molar-refractivity contribution is 7.80. The molecule has 0 aromatic carbocycles. The molecule has 0 N–H and O–H groups in total. The van der Waals surface area contributed by atoms with Crippen LogP contribution in [0.1, 0.15) is 46.5 Å². The standard InChI is InChI=1S/C12H22O2S/c1-9(2)6-10(3)14-11(13)7-12(8-15)4-5-12/h9-10,15H,4-8H2,1-3H3. The minimum Gasteiger partial charge on any atom is -0.463 e. The molecule has 1 aliphatic carbocycles. The average Bonchev–Trinajstić information content (AvgIpc) is 2.83. The fraction of sp³-hybridized carbons (Fsp3) is 0.917. The molecule has 0 aromatic heterocycles. The van der Waals surface area contributed by atoms with Crippen molar-refractivity contribution in [2.45, 2.75) is 52.6 Å². The number of esters is 1. The molecule has 1 atom stereocenters. The molecule has 0 radical (unpaired) electrons. The van der Waals surface area contributed by atoms with Gasteiger partial charge >= 0.3 is 5.97 Å². The lowest BCUT2D eigenvalue weighted by Crippen LogP contribution is -2.20. The minimum absolute atomic E-state index is 0.0466. The zero-order valence-corrected chi connectivity index (χ0v) is 10.8. The van der Waals surface area contributed by atoms with Crippen LogP contribution < -0.4 is 0 Å². The molecule has 1 unspecified atom stereocenters. The molecule has 1 saturated carbocycles. The third-order valence-electron chi connectivity index (χ3n) is 2.95. The van der Waals surface area contributed by atoms with Crippen LogP contribution in [0.25, 0.3) is 0 Å². The van der Waals surface area contributed by atoms with E-state index in [0.717, 1.165) is 25.0 Å². The largest absolute Gasteiger partial charge is 0.463 e. The Labute approximate surface area is 98.2 Å². The van der Waals surface area contributed by atoms with Gasteiger partial charge in [0.1, 0.15) is 0 Å². The highest BCUT2D eigenvalue weighted by atomic mass is 32.1. The van der Waals surface area contributed by atoms with Crippen molar-refractivity contribution in [3.05, 3.63) is 0 Å². The van der Waals surface area contributed by atoms with Crippen molar-refractivity contribution < 1.29 is 9.53 Å². The van der Waals surface area contributed by atoms with Crippen LogP contribution in [0.15, 0.2) is 0 Å². The molecule has 0 aromatic rings. The molecule has 1 aliphatic rings. The van der Waals surface area contributed by atoms with Gasteiger partial charge in [0.25, 0.3) is 0 Å². The van der Waals surface area contributed by atoms with Crippen LogP contribution in [0.5, 0.6) is 0 Å². The minimum atomic E-state index is -0.0466. The van der Waals surface area contributed by atoms with Gasteiger partial charge in [-0.1, -0.05) is 13.8 Å². The topological polar surface area (TPSA) is 26.3 Å². The summed E-state index contributed by atoms with van der Waals surface area (Å²) in [6.45, 7) is 6.25. The molecule has 1 rings (SSSR count). The van der Waals surface area contributed by atoms with Crippen LogP contribution in [-0.4, -0.2) is 17.8 Å². The second-order valence-electron chi connectivity index (χ2n) is 5.26. The molecule has 0 bridgehead atoms. The van der Waals surface area contributed by atoms with Gasteiger partial charge in [-0.15, -0.1) is 0 Å². The molecule has 3 heteroatoms. The predicted octanol–water partition coefficient (Wildman–Crippen LogP) is 3.06. The maximum Gasteiger partial charge on any atom is 0.306 e. The first-order valence-electron chi connectivity index (χ1n) is 5.78. The highest BCUT2D eigenvalue weighted by Gasteiger charge is 2.43. The van der Waals surface area contributed by atoms with E-state index in [1.165, 1.54) is 0 Å². The summed E-state index contributed by atoms with van der Waals surface area (Å²) in [6, 6.07) is 0. The lowest BCUT2D eigenvalue weighted by molar-refractivity contribution is -0.150. The second-order valence-corrected chi connectivity index (χ2v) is 5.58. The summed E-state index contributed by atoms with van der Waals surface area (Å²) in [5.74, 6) is 1.34. The van der Waals surface area contributed by atoms with Gasteiger partial charge in [-0.05, 0) is 43.3 Å². The SMILES string of the molecule is CC(C)CC(C)OC(=O)CC1(CS)CC1. The molecule has 15 heavy (non-hydrogen) atoms. The Hall–Kier alpha value is -0.180. The molecular weight excluding hydrogens is 208 g/mol. The number of ether oxygens (including phenoxy) is 1. The summed E-state index contributed by atoms with van der Waals surface area (Å²) in [6.07, 6.45) is 3.81. The Morgan fingerprint density at radius 1 is 1.40 bits per heavy atom. The first-order chi connectivity index (χ1) is 6.97. The molecule has 0 spiro atoms. The van der Waals surface area contributed by atoms with Crippen molar-refractivity contribution in [1.82, 2.24) is 0 Å². The maximum atomic E-state index is 11.6. The summed E-state index contributed by atoms with van der Waals surface area (Å²) >= 11 is 4.28. The molecule has 88 valence electrons. The van der Waals surface area contributed by atoms with Crippen LogP contribution in [0.2, 0.25) is 0 Å². The Morgan fingerprint density at radius 3 is 2.40 bits per heavy atom. The Bertz CT molecular complexity index is 222. The zero-order chi connectivity index (χ0) is 11.5. The van der Waals surface area contributed by atoms with Crippen LogP contribution in [0, 0.1) is 11.3 Å². The summed E-state index contributed by atoms with van der Waals surface area (Å²) < 4.78 is 5.37. The summed E-state index contributed by atoms with van der Waals surface area (Å²) in [5.41, 5.74) is 0.178. The van der Waals surface area contributed by atoms with Crippen molar-refractivity contribution in [1.29, 1.82) is 0 Å². The van der Waals surface area contributed by atoms with Crippen LogP contribution in [0.3, 0.4) is 0 Å². The van der Waals surface area contributed by atoms with E-state index in [1.807, 2.05) is 6.92 Å². The summed E-state index contributed by atoms with van der Waals surface area (Å²) in [4.78, 5) is 11.6. The van der Waals surface area contributed by atoms with E-state index < -0.39 is 0 Å². The number of hydrogen-bond donors (Lipinski definition) is 1. The quantitative estimate of drug-likeness (QED) is 0.560. The average molecular weight is 230 g/mol. The molecule has 0 saturated heterocycles. The monoisotopic (exact) mass is 230 g/mol. The Morgan fingerprint density at radius 2 is 2.00 bits per heavy atom. The Kier molecular flexibility index (Phi) is 4.50. The summed E-state index contributed by atoms with van der Waals surface area (Å²) in [5, 5.41) is 0. The maximum absolute atomic E-state index is 11.6. The predicted molar refractivity (Wildman–Crippen MR) is 65.1 cm³/mol. The van der Waals surface area contributed by atoms with Gasteiger partial charge in [-0.2, -0.15) is 12.6 Å². The second kappa shape index (κ2) is 5.24. The highest BCUT2D eigenvalue weighted by Crippen LogP contribution is 2.49. The van der Waals surface area contributed by atoms with E-state index in [1.54, 1.807) is 0 Å². The first kappa shape index (κ1) is 12.9. The van der Waals surface area contributed by atoms with Gasteiger partial charge in [0.2, 0.25) is 0 Å². The zero-order valence-electron chi connectivity index (χ0n) is 9.95. The normalized spacial score (nSPS) is 20.1. The Balaban J connectivity index is 2.24. The van der Waals surface area contributed by atoms with Gasteiger partial charge in [0, 0.05) is 0 Å². The van der Waals surface area contributed by atoms with Crippen molar-refractivity contribution in [2.75, 3.05) is 5.75 Å². The van der Waals surface area contributed by atoms with Gasteiger partial charge in [0.05, 0.1) is 12.5 Å². The lowest BCUT2D eigenvalue weighted by Gasteiger charge is -2.17. The van der Waals surface area contributed by atoms with E-state index in [9.17, 15) is 4.79 Å². The van der Waals surface area contributed by atoms with Crippen LogP contribution >= 0.6 is 12.6 Å². The molecule has 2 nitrogen and oxygen atoms in total. The van der Waals surface area contributed by atoms with Crippen molar-refractivity contribution in [3.8, 4) is 0 Å². The molecular formula is C12H22O2S. The number of carbonyl (C=O) groups is 1. The van der Waals surface area contributed by atoms with Gasteiger partial charge in [0.15, 0.2) is 0 Å². The first-order valence-corrected chi connectivity index (χ1v) is 6.41. The molecule has 0 heterocycles. The van der Waals surface area contributed by atoms with Crippen LogP contribution in [-0.2, 0) is 9.53 Å². The number of carbonyl (C=O) groups excluding carboxylic acids is 1. The van der Waals surface area contributed by atoms with E-state index in [-0.39, 0.29) is 17.5 Å². The molecule has 0 amide bonds. The molecule has 0 aliphatic heterocycles. The van der Waals surface area contributed by atoms with Crippen LogP contribution in [0.4, 0.5) is 0 Å². The van der Waals surface area contributed by atoms with Gasteiger partial charge in [-0.3, -0.25) is 4.79 Å². The van der Waals surface area contributed by atoms with E-state index in [2.05, 4.69) is 26.5 Å². The number of hydrogen-bond acceptors (Lipinski definition) is 3. The van der Waals surface area contributed by atoms with E-state index >= 15 is 0 Å². The summed E-state index contributed by atoms with van der Waals surface area (Å²) in [7, 11) is 0. The molecule has 1 fully saturated rings. The van der Waals surface area contributed by atoms with Crippen molar-refractivity contribution in [3.63, 3.8) is 0 Å². The van der Waals surface area contributed by atoms with Crippen molar-refractivity contribution in [2.24, 2.45) is 11.3 Å². The number of thiol groups is 1. The van der Waals surface area contributed by atoms with Gasteiger partial charge < -0.3 is 4.74 Å². The number of rotatable bonds is 6. The fourth-order valence-corrected chi connectivity index (χ4v) is 2.28. The third kappa shape index (κ3) is 4.45. The van der Waals surface area contributed by atoms with Gasteiger partial charge in [-0.25, -0.2) is 0 Å². The third-order valence-corrected chi connectivity index (χ3v) is 3.62. The fourth-order valence-electron chi connectivity index (χ4n) is 1.85. The van der Waals surface area contributed by atoms with Crippen molar-refractivity contribution >= 4 is 18.6 Å².